The molecule has 0 saturated heterocycles. The van der Waals surface area contributed by atoms with Gasteiger partial charge in [0.2, 0.25) is 0 Å². The number of rotatable bonds is 4. The molecule has 0 radical (unpaired) electrons. The number of fused-ring (bicyclic) bond motifs is 3. The van der Waals surface area contributed by atoms with E-state index in [0.717, 1.165) is 0 Å². The van der Waals surface area contributed by atoms with E-state index in [1.54, 1.807) is 0 Å². The highest BCUT2D eigenvalue weighted by atomic mass is 32.1. The number of thiophene rings is 2. The number of aryl methyl sites for hydroxylation is 2. The Hall–Kier alpha value is -2.20. The Morgan fingerprint density at radius 2 is 1.53 bits per heavy atom. The maximum atomic E-state index is 9.66. The Labute approximate surface area is 186 Å². The smallest absolute Gasteiger partial charge is 0.0471 e. The summed E-state index contributed by atoms with van der Waals surface area (Å²) in [5.74, 6) is 0. The molecule has 0 saturated carbocycles. The molecular weight excluding hydrogens is 404 g/mol. The standard InChI is InChI=1S/C27H26OS2/c1-16-5-8-20-21-9-7-18(14-23(21)27(3,4)22(20)13-16)26-19(11-12-28)15-25(30-26)24-10-6-17(2)29-24/h5-10,13-15,28H,11-12H2,1-4H3. The monoisotopic (exact) mass is 430 g/mol. The van der Waals surface area contributed by atoms with Gasteiger partial charge in [-0.3, -0.25) is 0 Å². The number of hydrogen-bond acceptors (Lipinski definition) is 3. The third kappa shape index (κ3) is 3.08. The molecule has 1 N–H and O–H groups in total. The van der Waals surface area contributed by atoms with Gasteiger partial charge in [-0.05, 0) is 77.9 Å². The minimum atomic E-state index is -0.00517. The molecule has 1 aliphatic rings. The highest BCUT2D eigenvalue weighted by Gasteiger charge is 2.35. The van der Waals surface area contributed by atoms with Crippen molar-refractivity contribution in [3.63, 3.8) is 0 Å². The second-order valence-corrected chi connectivity index (χ2v) is 11.1. The lowest BCUT2D eigenvalue weighted by molar-refractivity contribution is 0.300. The Balaban J connectivity index is 1.64. The van der Waals surface area contributed by atoms with Crippen LogP contribution in [0.2, 0.25) is 0 Å². The topological polar surface area (TPSA) is 20.2 Å². The molecule has 30 heavy (non-hydrogen) atoms. The molecular formula is C27H26OS2. The second-order valence-electron chi connectivity index (χ2n) is 8.78. The van der Waals surface area contributed by atoms with E-state index in [9.17, 15) is 5.11 Å². The van der Waals surface area contributed by atoms with E-state index in [-0.39, 0.29) is 12.0 Å². The Morgan fingerprint density at radius 3 is 2.23 bits per heavy atom. The number of hydrogen-bond donors (Lipinski definition) is 1. The predicted molar refractivity (Wildman–Crippen MR) is 131 cm³/mol. The third-order valence-corrected chi connectivity index (χ3v) is 8.69. The lowest BCUT2D eigenvalue weighted by Crippen LogP contribution is -2.15. The fourth-order valence-electron chi connectivity index (χ4n) is 4.66. The number of aliphatic hydroxyl groups is 1. The Morgan fingerprint density at radius 1 is 0.800 bits per heavy atom. The summed E-state index contributed by atoms with van der Waals surface area (Å²) in [6, 6.07) is 20.5. The lowest BCUT2D eigenvalue weighted by atomic mass is 9.81. The molecule has 0 aliphatic heterocycles. The van der Waals surface area contributed by atoms with Crippen molar-refractivity contribution in [2.45, 2.75) is 39.5 Å². The molecule has 0 bridgehead atoms. The van der Waals surface area contributed by atoms with Crippen molar-refractivity contribution in [1.29, 1.82) is 0 Å². The van der Waals surface area contributed by atoms with Crippen LogP contribution in [0.5, 0.6) is 0 Å². The van der Waals surface area contributed by atoms with E-state index in [1.807, 2.05) is 22.7 Å². The van der Waals surface area contributed by atoms with Gasteiger partial charge in [0.05, 0.1) is 0 Å². The van der Waals surface area contributed by atoms with Gasteiger partial charge in [-0.15, -0.1) is 22.7 Å². The Bertz CT molecular complexity index is 1260. The first-order valence-electron chi connectivity index (χ1n) is 10.5. The van der Waals surface area contributed by atoms with Crippen LogP contribution in [-0.2, 0) is 11.8 Å². The average molecular weight is 431 g/mol. The van der Waals surface area contributed by atoms with Gasteiger partial charge in [-0.25, -0.2) is 0 Å². The van der Waals surface area contributed by atoms with Gasteiger partial charge in [0.1, 0.15) is 0 Å². The number of aliphatic hydroxyl groups excluding tert-OH is 1. The van der Waals surface area contributed by atoms with E-state index in [4.69, 9.17) is 0 Å². The SMILES string of the molecule is Cc1ccc2c(c1)C(C)(C)c1cc(-c3sc(-c4ccc(C)s4)cc3CCO)ccc1-2. The molecule has 1 aliphatic carbocycles. The van der Waals surface area contributed by atoms with Gasteiger partial charge in [0, 0.05) is 31.5 Å². The summed E-state index contributed by atoms with van der Waals surface area (Å²) in [5, 5.41) is 9.66. The van der Waals surface area contributed by atoms with Gasteiger partial charge in [-0.1, -0.05) is 49.7 Å². The van der Waals surface area contributed by atoms with Crippen molar-refractivity contribution in [2.24, 2.45) is 0 Å². The zero-order valence-corrected chi connectivity index (χ0v) is 19.5. The first-order valence-corrected chi connectivity index (χ1v) is 12.1. The molecule has 2 aromatic carbocycles. The van der Waals surface area contributed by atoms with Gasteiger partial charge in [-0.2, -0.15) is 0 Å². The van der Waals surface area contributed by atoms with Crippen LogP contribution in [0.3, 0.4) is 0 Å². The highest BCUT2D eigenvalue weighted by molar-refractivity contribution is 7.24. The third-order valence-electron chi connectivity index (χ3n) is 6.27. The molecule has 0 atom stereocenters. The lowest BCUT2D eigenvalue weighted by Gasteiger charge is -2.22. The molecule has 0 spiro atoms. The summed E-state index contributed by atoms with van der Waals surface area (Å²) >= 11 is 3.69. The molecule has 2 heterocycles. The first kappa shape index (κ1) is 19.7. The van der Waals surface area contributed by atoms with Crippen LogP contribution in [-0.4, -0.2) is 11.7 Å². The van der Waals surface area contributed by atoms with Gasteiger partial charge in [0.15, 0.2) is 0 Å². The molecule has 0 fully saturated rings. The molecule has 0 amide bonds. The maximum Gasteiger partial charge on any atom is 0.0471 e. The maximum absolute atomic E-state index is 9.66. The summed E-state index contributed by atoms with van der Waals surface area (Å²) in [6.07, 6.45) is 0.691. The van der Waals surface area contributed by atoms with Crippen molar-refractivity contribution < 1.29 is 5.11 Å². The van der Waals surface area contributed by atoms with E-state index < -0.39 is 0 Å². The molecule has 3 heteroatoms. The van der Waals surface area contributed by atoms with Crippen LogP contribution in [0.15, 0.2) is 54.6 Å². The average Bonchev–Trinajstić information content (AvgIpc) is 3.39. The number of benzene rings is 2. The fraction of sp³-hybridized carbons (Fsp3) is 0.259. The predicted octanol–water partition coefficient (Wildman–Crippen LogP) is 7.60. The zero-order chi connectivity index (χ0) is 21.0. The van der Waals surface area contributed by atoms with Crippen LogP contribution in [0, 0.1) is 13.8 Å². The quantitative estimate of drug-likeness (QED) is 0.353. The first-order chi connectivity index (χ1) is 14.4. The van der Waals surface area contributed by atoms with Crippen LogP contribution >= 0.6 is 22.7 Å². The van der Waals surface area contributed by atoms with Gasteiger partial charge >= 0.3 is 0 Å². The van der Waals surface area contributed by atoms with Crippen LogP contribution in [0.25, 0.3) is 31.3 Å². The van der Waals surface area contributed by atoms with Crippen LogP contribution in [0.1, 0.15) is 41.0 Å². The summed E-state index contributed by atoms with van der Waals surface area (Å²) in [7, 11) is 0. The molecule has 5 rings (SSSR count). The minimum Gasteiger partial charge on any atom is -0.396 e. The zero-order valence-electron chi connectivity index (χ0n) is 17.9. The summed E-state index contributed by atoms with van der Waals surface area (Å²) in [6.45, 7) is 9.17. The minimum absolute atomic E-state index is 0.00517. The van der Waals surface area contributed by atoms with Crippen molar-refractivity contribution in [2.75, 3.05) is 6.61 Å². The highest BCUT2D eigenvalue weighted by Crippen LogP contribution is 2.51. The fourth-order valence-corrected chi connectivity index (χ4v) is 6.82. The van der Waals surface area contributed by atoms with Gasteiger partial charge < -0.3 is 5.11 Å². The van der Waals surface area contributed by atoms with Crippen molar-refractivity contribution in [3.05, 3.63) is 81.7 Å². The normalized spacial score (nSPS) is 14.0. The summed E-state index contributed by atoms with van der Waals surface area (Å²) < 4.78 is 0. The van der Waals surface area contributed by atoms with E-state index in [0.29, 0.717) is 6.42 Å². The van der Waals surface area contributed by atoms with E-state index in [1.165, 1.54) is 58.5 Å². The van der Waals surface area contributed by atoms with Crippen LogP contribution < -0.4 is 0 Å². The van der Waals surface area contributed by atoms with E-state index in [2.05, 4.69) is 82.3 Å². The van der Waals surface area contributed by atoms with Crippen molar-refractivity contribution >= 4 is 22.7 Å². The molecule has 2 aromatic heterocycles. The molecule has 4 aromatic rings. The van der Waals surface area contributed by atoms with Crippen LogP contribution in [0.4, 0.5) is 0 Å². The summed E-state index contributed by atoms with van der Waals surface area (Å²) in [4.78, 5) is 5.23. The van der Waals surface area contributed by atoms with Gasteiger partial charge in [0.25, 0.3) is 0 Å². The second kappa shape index (κ2) is 7.19. The van der Waals surface area contributed by atoms with Crippen molar-refractivity contribution in [3.8, 4) is 31.3 Å². The molecule has 152 valence electrons. The van der Waals surface area contributed by atoms with Crippen molar-refractivity contribution in [1.82, 2.24) is 0 Å². The molecule has 1 nitrogen and oxygen atoms in total. The summed E-state index contributed by atoms with van der Waals surface area (Å²) in [5.41, 5.74) is 9.36. The molecule has 0 unspecified atom stereocenters. The Kier molecular flexibility index (Phi) is 4.73. The largest absolute Gasteiger partial charge is 0.396 e. The van der Waals surface area contributed by atoms with E-state index >= 15 is 0 Å².